The van der Waals surface area contributed by atoms with E-state index in [1.807, 2.05) is 20.8 Å². The summed E-state index contributed by atoms with van der Waals surface area (Å²) < 4.78 is 5.35. The van der Waals surface area contributed by atoms with Gasteiger partial charge in [0.15, 0.2) is 0 Å². The zero-order valence-electron chi connectivity index (χ0n) is 9.71. The molecule has 0 unspecified atom stereocenters. The van der Waals surface area contributed by atoms with Gasteiger partial charge in [-0.25, -0.2) is 0 Å². The average molecular weight is 242 g/mol. The molecule has 0 aromatic heterocycles. The molecule has 0 spiro atoms. The van der Waals surface area contributed by atoms with E-state index in [4.69, 9.17) is 16.3 Å². The minimum atomic E-state index is -0.308. The van der Waals surface area contributed by atoms with Gasteiger partial charge in [-0.15, -0.1) is 0 Å². The molecule has 1 N–H and O–H groups in total. The lowest BCUT2D eigenvalue weighted by Crippen LogP contribution is -2.27. The van der Waals surface area contributed by atoms with Gasteiger partial charge >= 0.3 is 0 Å². The van der Waals surface area contributed by atoms with Crippen LogP contribution in [0.4, 0.5) is 5.69 Å². The van der Waals surface area contributed by atoms with Gasteiger partial charge in [0.25, 0.3) is 0 Å². The molecular weight excluding hydrogens is 226 g/mol. The standard InChI is InChI=1S/C12H16ClNO2/c1-12(2,3)16-8-11(15)14-10-6-4-9(13)5-7-10/h4-7H,8H2,1-3H3,(H,14,15). The molecule has 1 aromatic rings. The van der Waals surface area contributed by atoms with Crippen molar-refractivity contribution in [3.05, 3.63) is 29.3 Å². The first-order valence-corrected chi connectivity index (χ1v) is 5.44. The summed E-state index contributed by atoms with van der Waals surface area (Å²) in [6, 6.07) is 6.94. The van der Waals surface area contributed by atoms with E-state index in [1.165, 1.54) is 0 Å². The summed E-state index contributed by atoms with van der Waals surface area (Å²) >= 11 is 5.73. The highest BCUT2D eigenvalue weighted by molar-refractivity contribution is 6.30. The first kappa shape index (κ1) is 13.0. The number of hydrogen-bond donors (Lipinski definition) is 1. The second kappa shape index (κ2) is 5.32. The maximum atomic E-state index is 11.5. The molecule has 0 radical (unpaired) electrons. The third kappa shape index (κ3) is 5.14. The van der Waals surface area contributed by atoms with E-state index in [0.717, 1.165) is 0 Å². The fraction of sp³-hybridized carbons (Fsp3) is 0.417. The summed E-state index contributed by atoms with van der Waals surface area (Å²) in [5.74, 6) is -0.169. The second-order valence-corrected chi connectivity index (χ2v) is 4.89. The topological polar surface area (TPSA) is 38.3 Å². The van der Waals surface area contributed by atoms with E-state index in [9.17, 15) is 4.79 Å². The van der Waals surface area contributed by atoms with Crippen LogP contribution in [0.2, 0.25) is 5.02 Å². The molecule has 0 saturated carbocycles. The number of nitrogens with one attached hydrogen (secondary N) is 1. The molecule has 16 heavy (non-hydrogen) atoms. The van der Waals surface area contributed by atoms with Crippen molar-refractivity contribution in [1.82, 2.24) is 0 Å². The Balaban J connectivity index is 2.43. The maximum absolute atomic E-state index is 11.5. The number of carbonyl (C=O) groups excluding carboxylic acids is 1. The van der Waals surface area contributed by atoms with Crippen LogP contribution in [0.1, 0.15) is 20.8 Å². The summed E-state index contributed by atoms with van der Waals surface area (Å²) in [7, 11) is 0. The van der Waals surface area contributed by atoms with E-state index in [1.54, 1.807) is 24.3 Å². The van der Waals surface area contributed by atoms with Crippen molar-refractivity contribution < 1.29 is 9.53 Å². The first-order chi connectivity index (χ1) is 7.37. The van der Waals surface area contributed by atoms with E-state index in [2.05, 4.69) is 5.32 Å². The fourth-order valence-electron chi connectivity index (χ4n) is 1.01. The van der Waals surface area contributed by atoms with Crippen LogP contribution in [0.3, 0.4) is 0 Å². The fourth-order valence-corrected chi connectivity index (χ4v) is 1.14. The minimum absolute atomic E-state index is 0.0477. The molecule has 0 atom stereocenters. The minimum Gasteiger partial charge on any atom is -0.366 e. The summed E-state index contributed by atoms with van der Waals surface area (Å²) in [6.07, 6.45) is 0. The Hall–Kier alpha value is -1.06. The molecule has 0 aliphatic rings. The molecule has 4 heteroatoms. The number of carbonyl (C=O) groups is 1. The number of anilines is 1. The Labute approximate surface area is 101 Å². The second-order valence-electron chi connectivity index (χ2n) is 4.46. The molecule has 0 heterocycles. The highest BCUT2D eigenvalue weighted by Crippen LogP contribution is 2.13. The Morgan fingerprint density at radius 3 is 2.38 bits per heavy atom. The summed E-state index contributed by atoms with van der Waals surface area (Å²) in [6.45, 7) is 5.76. The van der Waals surface area contributed by atoms with Crippen molar-refractivity contribution in [3.63, 3.8) is 0 Å². The third-order valence-corrected chi connectivity index (χ3v) is 2.02. The lowest BCUT2D eigenvalue weighted by Gasteiger charge is -2.18. The van der Waals surface area contributed by atoms with Crippen molar-refractivity contribution in [2.75, 3.05) is 11.9 Å². The van der Waals surface area contributed by atoms with Gasteiger partial charge < -0.3 is 10.1 Å². The third-order valence-electron chi connectivity index (χ3n) is 1.76. The Kier molecular flexibility index (Phi) is 4.33. The maximum Gasteiger partial charge on any atom is 0.250 e. The van der Waals surface area contributed by atoms with Crippen LogP contribution in [0, 0.1) is 0 Å². The van der Waals surface area contributed by atoms with Crippen molar-refractivity contribution in [3.8, 4) is 0 Å². The highest BCUT2D eigenvalue weighted by atomic mass is 35.5. The molecule has 88 valence electrons. The quantitative estimate of drug-likeness (QED) is 0.883. The van der Waals surface area contributed by atoms with E-state index < -0.39 is 0 Å². The zero-order chi connectivity index (χ0) is 12.2. The molecule has 1 amide bonds. The monoisotopic (exact) mass is 241 g/mol. The molecule has 0 aliphatic heterocycles. The van der Waals surface area contributed by atoms with Crippen molar-refractivity contribution in [2.45, 2.75) is 26.4 Å². The SMILES string of the molecule is CC(C)(C)OCC(=O)Nc1ccc(Cl)cc1. The van der Waals surface area contributed by atoms with E-state index in [-0.39, 0.29) is 18.1 Å². The predicted molar refractivity (Wildman–Crippen MR) is 65.8 cm³/mol. The number of benzene rings is 1. The van der Waals surface area contributed by atoms with Crippen LogP contribution >= 0.6 is 11.6 Å². The number of amides is 1. The van der Waals surface area contributed by atoms with Crippen molar-refractivity contribution >= 4 is 23.2 Å². The molecule has 0 saturated heterocycles. The van der Waals surface area contributed by atoms with Gasteiger partial charge in [0.2, 0.25) is 5.91 Å². The predicted octanol–water partition coefficient (Wildman–Crippen LogP) is 3.09. The summed E-state index contributed by atoms with van der Waals surface area (Å²) in [4.78, 5) is 11.5. The molecule has 1 aromatic carbocycles. The Morgan fingerprint density at radius 1 is 1.31 bits per heavy atom. The van der Waals surface area contributed by atoms with Crippen LogP contribution < -0.4 is 5.32 Å². The molecule has 1 rings (SSSR count). The Bertz CT molecular complexity index is 354. The van der Waals surface area contributed by atoms with Gasteiger partial charge in [0.1, 0.15) is 6.61 Å². The van der Waals surface area contributed by atoms with Crippen LogP contribution in [0.15, 0.2) is 24.3 Å². The normalized spacial score (nSPS) is 11.2. The zero-order valence-corrected chi connectivity index (χ0v) is 10.5. The average Bonchev–Trinajstić information content (AvgIpc) is 2.18. The van der Waals surface area contributed by atoms with Gasteiger partial charge in [-0.1, -0.05) is 11.6 Å². The lowest BCUT2D eigenvalue weighted by molar-refractivity contribution is -0.125. The molecule has 0 fully saturated rings. The van der Waals surface area contributed by atoms with Gasteiger partial charge in [-0.05, 0) is 45.0 Å². The largest absolute Gasteiger partial charge is 0.366 e. The summed E-state index contributed by atoms with van der Waals surface area (Å²) in [5.41, 5.74) is 0.407. The smallest absolute Gasteiger partial charge is 0.250 e. The van der Waals surface area contributed by atoms with Gasteiger partial charge in [-0.2, -0.15) is 0 Å². The van der Waals surface area contributed by atoms with E-state index in [0.29, 0.717) is 10.7 Å². The van der Waals surface area contributed by atoms with Gasteiger partial charge in [-0.3, -0.25) is 4.79 Å². The molecule has 0 aliphatic carbocycles. The van der Waals surface area contributed by atoms with Gasteiger partial charge in [0.05, 0.1) is 5.60 Å². The van der Waals surface area contributed by atoms with Gasteiger partial charge in [0, 0.05) is 10.7 Å². The number of rotatable bonds is 3. The van der Waals surface area contributed by atoms with E-state index >= 15 is 0 Å². The van der Waals surface area contributed by atoms with Crippen LogP contribution in [0.5, 0.6) is 0 Å². The van der Waals surface area contributed by atoms with Crippen LogP contribution in [0.25, 0.3) is 0 Å². The molecule has 0 bridgehead atoms. The van der Waals surface area contributed by atoms with Crippen molar-refractivity contribution in [1.29, 1.82) is 0 Å². The lowest BCUT2D eigenvalue weighted by atomic mass is 10.2. The number of halogens is 1. The Morgan fingerprint density at radius 2 is 1.88 bits per heavy atom. The van der Waals surface area contributed by atoms with Crippen molar-refractivity contribution in [2.24, 2.45) is 0 Å². The molecule has 3 nitrogen and oxygen atoms in total. The number of hydrogen-bond acceptors (Lipinski definition) is 2. The highest BCUT2D eigenvalue weighted by Gasteiger charge is 2.12. The summed E-state index contributed by atoms with van der Waals surface area (Å²) in [5, 5.41) is 3.36. The van der Waals surface area contributed by atoms with Crippen LogP contribution in [-0.4, -0.2) is 18.1 Å². The first-order valence-electron chi connectivity index (χ1n) is 5.06. The molecular formula is C12H16ClNO2. The number of ether oxygens (including phenoxy) is 1. The van der Waals surface area contributed by atoms with Crippen LogP contribution in [-0.2, 0) is 9.53 Å².